The number of hydrogen-bond acceptors (Lipinski definition) is 2. The third kappa shape index (κ3) is 2.46. The first-order valence-electron chi connectivity index (χ1n) is 5.83. The average molecular weight is 257 g/mol. The molecule has 94 valence electrons. The van der Waals surface area contributed by atoms with Gasteiger partial charge in [-0.2, -0.15) is 0 Å². The second-order valence-corrected chi connectivity index (χ2v) is 5.36. The maximum atomic E-state index is 13.7. The van der Waals surface area contributed by atoms with Crippen molar-refractivity contribution < 1.29 is 4.39 Å². The molecule has 1 unspecified atom stereocenters. The summed E-state index contributed by atoms with van der Waals surface area (Å²) in [5.41, 5.74) is 1.49. The molecule has 1 heterocycles. The van der Waals surface area contributed by atoms with Crippen LogP contribution in [0.1, 0.15) is 17.2 Å². The van der Waals surface area contributed by atoms with Crippen molar-refractivity contribution in [2.75, 3.05) is 27.2 Å². The van der Waals surface area contributed by atoms with E-state index in [9.17, 15) is 4.39 Å². The third-order valence-electron chi connectivity index (χ3n) is 3.41. The molecule has 0 radical (unpaired) electrons. The van der Waals surface area contributed by atoms with E-state index >= 15 is 0 Å². The summed E-state index contributed by atoms with van der Waals surface area (Å²) in [5.74, 6) is 0.327. The normalized spacial score (nSPS) is 18.2. The van der Waals surface area contributed by atoms with E-state index in [1.807, 2.05) is 14.1 Å². The lowest BCUT2D eigenvalue weighted by molar-refractivity contribution is 0.160. The quantitative estimate of drug-likeness (QED) is 0.894. The van der Waals surface area contributed by atoms with Crippen molar-refractivity contribution in [1.29, 1.82) is 0 Å². The van der Waals surface area contributed by atoms with Crippen LogP contribution in [0.15, 0.2) is 12.1 Å². The van der Waals surface area contributed by atoms with Gasteiger partial charge in [0.05, 0.1) is 0 Å². The average Bonchev–Trinajstić information content (AvgIpc) is 2.17. The number of rotatable bonds is 3. The summed E-state index contributed by atoms with van der Waals surface area (Å²) in [7, 11) is 4.02. The molecule has 1 saturated heterocycles. The van der Waals surface area contributed by atoms with Gasteiger partial charge in [-0.25, -0.2) is 4.39 Å². The lowest BCUT2D eigenvalue weighted by atomic mass is 9.87. The predicted octanol–water partition coefficient (Wildman–Crippen LogP) is 2.61. The molecule has 0 bridgehead atoms. The molecule has 1 aromatic rings. The Kier molecular flexibility index (Phi) is 3.71. The van der Waals surface area contributed by atoms with Crippen LogP contribution in [0.5, 0.6) is 0 Å². The van der Waals surface area contributed by atoms with Crippen LogP contribution in [-0.2, 0) is 0 Å². The molecule has 0 saturated carbocycles. The van der Waals surface area contributed by atoms with Gasteiger partial charge < -0.3 is 10.2 Å². The van der Waals surface area contributed by atoms with Crippen LogP contribution in [0.2, 0.25) is 5.02 Å². The highest BCUT2D eigenvalue weighted by atomic mass is 35.5. The molecule has 1 aliphatic heterocycles. The van der Waals surface area contributed by atoms with Crippen LogP contribution in [-0.4, -0.2) is 32.1 Å². The van der Waals surface area contributed by atoms with Gasteiger partial charge in [-0.15, -0.1) is 0 Å². The number of aryl methyl sites for hydroxylation is 1. The maximum absolute atomic E-state index is 13.7. The van der Waals surface area contributed by atoms with E-state index < -0.39 is 0 Å². The molecule has 0 spiro atoms. The van der Waals surface area contributed by atoms with Crippen molar-refractivity contribution in [3.8, 4) is 0 Å². The minimum Gasteiger partial charge on any atom is -0.316 e. The van der Waals surface area contributed by atoms with Gasteiger partial charge in [0.2, 0.25) is 0 Å². The lowest BCUT2D eigenvalue weighted by Crippen LogP contribution is -2.48. The van der Waals surface area contributed by atoms with Gasteiger partial charge in [0.15, 0.2) is 0 Å². The Hall–Kier alpha value is -0.640. The monoisotopic (exact) mass is 256 g/mol. The fourth-order valence-electron chi connectivity index (χ4n) is 2.38. The molecule has 0 amide bonds. The predicted molar refractivity (Wildman–Crippen MR) is 68.9 cm³/mol. The van der Waals surface area contributed by atoms with Gasteiger partial charge in [0.1, 0.15) is 5.82 Å². The second kappa shape index (κ2) is 4.92. The molecular weight excluding hydrogens is 239 g/mol. The van der Waals surface area contributed by atoms with Crippen molar-refractivity contribution in [2.24, 2.45) is 5.92 Å². The molecule has 4 heteroatoms. The summed E-state index contributed by atoms with van der Waals surface area (Å²) >= 11 is 6.25. The summed E-state index contributed by atoms with van der Waals surface area (Å²) in [6, 6.07) is 3.48. The van der Waals surface area contributed by atoms with Gasteiger partial charge in [-0.05, 0) is 44.3 Å². The van der Waals surface area contributed by atoms with E-state index in [4.69, 9.17) is 11.6 Å². The van der Waals surface area contributed by atoms with Gasteiger partial charge in [0, 0.05) is 30.1 Å². The van der Waals surface area contributed by atoms with E-state index in [1.165, 1.54) is 0 Å². The van der Waals surface area contributed by atoms with Crippen molar-refractivity contribution in [3.05, 3.63) is 34.1 Å². The number of halogens is 2. The Morgan fingerprint density at radius 3 is 2.53 bits per heavy atom. The Labute approximate surface area is 107 Å². The van der Waals surface area contributed by atoms with E-state index in [1.54, 1.807) is 19.1 Å². The summed E-state index contributed by atoms with van der Waals surface area (Å²) in [6.45, 7) is 3.67. The number of nitrogens with one attached hydrogen (secondary N) is 1. The van der Waals surface area contributed by atoms with Crippen LogP contribution in [0.4, 0.5) is 4.39 Å². The van der Waals surface area contributed by atoms with Crippen LogP contribution in [0, 0.1) is 18.7 Å². The fourth-order valence-corrected chi connectivity index (χ4v) is 2.71. The minimum absolute atomic E-state index is 0.177. The Bertz CT molecular complexity index is 416. The van der Waals surface area contributed by atoms with Gasteiger partial charge in [-0.3, -0.25) is 0 Å². The van der Waals surface area contributed by atoms with E-state index in [0.29, 0.717) is 16.5 Å². The molecule has 1 aromatic carbocycles. The van der Waals surface area contributed by atoms with Crippen LogP contribution >= 0.6 is 11.6 Å². The Balaban J connectivity index is 2.38. The smallest absolute Gasteiger partial charge is 0.126 e. The molecule has 1 aliphatic rings. The van der Waals surface area contributed by atoms with Crippen molar-refractivity contribution in [1.82, 2.24) is 10.2 Å². The molecule has 1 fully saturated rings. The SMILES string of the molecule is Cc1cc(Cl)c(C(C2CNC2)N(C)C)cc1F. The standard InChI is InChI=1S/C13H18ClFN2/c1-8-4-11(14)10(5-12(8)15)13(17(2)3)9-6-16-7-9/h4-5,9,13,16H,6-7H2,1-3H3. The van der Waals surface area contributed by atoms with Crippen LogP contribution in [0.25, 0.3) is 0 Å². The van der Waals surface area contributed by atoms with Crippen molar-refractivity contribution in [3.63, 3.8) is 0 Å². The largest absolute Gasteiger partial charge is 0.316 e. The maximum Gasteiger partial charge on any atom is 0.126 e. The molecular formula is C13H18ClFN2. The van der Waals surface area contributed by atoms with Gasteiger partial charge in [-0.1, -0.05) is 11.6 Å². The second-order valence-electron chi connectivity index (χ2n) is 4.95. The summed E-state index contributed by atoms with van der Waals surface area (Å²) in [5, 5.41) is 3.91. The zero-order chi connectivity index (χ0) is 12.6. The summed E-state index contributed by atoms with van der Waals surface area (Å²) in [4.78, 5) is 2.11. The number of nitrogens with zero attached hydrogens (tertiary/aromatic N) is 1. The number of benzene rings is 1. The molecule has 0 aliphatic carbocycles. The summed E-state index contributed by atoms with van der Waals surface area (Å²) in [6.07, 6.45) is 0. The minimum atomic E-state index is -0.177. The zero-order valence-corrected chi connectivity index (χ0v) is 11.2. The van der Waals surface area contributed by atoms with Crippen LogP contribution < -0.4 is 5.32 Å². The van der Waals surface area contributed by atoms with Gasteiger partial charge >= 0.3 is 0 Å². The Morgan fingerprint density at radius 1 is 1.41 bits per heavy atom. The third-order valence-corrected chi connectivity index (χ3v) is 3.74. The molecule has 1 N–H and O–H groups in total. The first-order chi connectivity index (χ1) is 8.00. The Morgan fingerprint density at radius 2 is 2.06 bits per heavy atom. The first kappa shape index (κ1) is 12.8. The van der Waals surface area contributed by atoms with E-state index in [2.05, 4.69) is 10.2 Å². The molecule has 0 aromatic heterocycles. The van der Waals surface area contributed by atoms with Crippen LogP contribution in [0.3, 0.4) is 0 Å². The van der Waals surface area contributed by atoms with Gasteiger partial charge in [0.25, 0.3) is 0 Å². The molecule has 1 atom stereocenters. The zero-order valence-electron chi connectivity index (χ0n) is 10.4. The highest BCUT2D eigenvalue weighted by Gasteiger charge is 2.31. The van der Waals surface area contributed by atoms with Crippen molar-refractivity contribution >= 4 is 11.6 Å². The molecule has 17 heavy (non-hydrogen) atoms. The van der Waals surface area contributed by atoms with E-state index in [0.717, 1.165) is 18.7 Å². The molecule has 2 rings (SSSR count). The lowest BCUT2D eigenvalue weighted by Gasteiger charge is -2.39. The van der Waals surface area contributed by atoms with E-state index in [-0.39, 0.29) is 11.9 Å². The summed E-state index contributed by atoms with van der Waals surface area (Å²) < 4.78 is 13.7. The highest BCUT2D eigenvalue weighted by molar-refractivity contribution is 6.31. The topological polar surface area (TPSA) is 15.3 Å². The number of hydrogen-bond donors (Lipinski definition) is 1. The first-order valence-corrected chi connectivity index (χ1v) is 6.21. The van der Waals surface area contributed by atoms with Crippen molar-refractivity contribution in [2.45, 2.75) is 13.0 Å². The fraction of sp³-hybridized carbons (Fsp3) is 0.538. The highest BCUT2D eigenvalue weighted by Crippen LogP contribution is 2.35. The molecule has 2 nitrogen and oxygen atoms in total.